The molecular weight excluding hydrogens is 394 g/mol. The zero-order valence-corrected chi connectivity index (χ0v) is 14.4. The molecule has 3 rings (SSSR count). The molecule has 3 aromatic carbocycles. The van der Waals surface area contributed by atoms with E-state index >= 15 is 0 Å². The number of benzene rings is 3. The number of fused-ring (bicyclic) bond motifs is 1. The highest BCUT2D eigenvalue weighted by molar-refractivity contribution is 7.93. The molecule has 0 fully saturated rings. The number of anilines is 1. The molecule has 0 saturated heterocycles. The SMILES string of the molecule is O=S(=O)(Nc1cccc(C(F)(F)F)c1F)c1cccc2cccc(Cl)c12. The van der Waals surface area contributed by atoms with Crippen molar-refractivity contribution in [3.05, 3.63) is 71.0 Å². The number of hydrogen-bond acceptors (Lipinski definition) is 2. The van der Waals surface area contributed by atoms with Crippen LogP contribution < -0.4 is 4.72 Å². The van der Waals surface area contributed by atoms with E-state index in [9.17, 15) is 26.0 Å². The first-order chi connectivity index (χ1) is 12.1. The van der Waals surface area contributed by atoms with Gasteiger partial charge in [0.05, 0.1) is 16.1 Å². The third-order valence-corrected chi connectivity index (χ3v) is 5.38. The fourth-order valence-electron chi connectivity index (χ4n) is 2.52. The normalized spacial score (nSPS) is 12.3. The van der Waals surface area contributed by atoms with Gasteiger partial charge < -0.3 is 0 Å². The predicted molar refractivity (Wildman–Crippen MR) is 91.2 cm³/mol. The molecule has 0 saturated carbocycles. The summed E-state index contributed by atoms with van der Waals surface area (Å²) in [6.45, 7) is 0. The van der Waals surface area contributed by atoms with Crippen LogP contribution >= 0.6 is 11.6 Å². The Bertz CT molecular complexity index is 1090. The Balaban J connectivity index is 2.13. The van der Waals surface area contributed by atoms with Gasteiger partial charge in [-0.2, -0.15) is 13.2 Å². The Kier molecular flexibility index (Phi) is 4.58. The molecule has 0 aromatic heterocycles. The van der Waals surface area contributed by atoms with Crippen LogP contribution in [0.1, 0.15) is 5.56 Å². The molecule has 0 aliphatic carbocycles. The van der Waals surface area contributed by atoms with Crippen LogP contribution in [0.4, 0.5) is 23.2 Å². The van der Waals surface area contributed by atoms with Crippen molar-refractivity contribution < 1.29 is 26.0 Å². The van der Waals surface area contributed by atoms with E-state index in [-0.39, 0.29) is 15.3 Å². The number of alkyl halides is 3. The highest BCUT2D eigenvalue weighted by atomic mass is 35.5. The Morgan fingerprint density at radius 1 is 0.923 bits per heavy atom. The zero-order chi connectivity index (χ0) is 19.1. The molecule has 0 radical (unpaired) electrons. The summed E-state index contributed by atoms with van der Waals surface area (Å²) in [5, 5.41) is 0.856. The zero-order valence-electron chi connectivity index (χ0n) is 12.8. The van der Waals surface area contributed by atoms with Crippen LogP contribution in [-0.4, -0.2) is 8.42 Å². The Morgan fingerprint density at radius 2 is 1.54 bits per heavy atom. The molecule has 0 aliphatic rings. The van der Waals surface area contributed by atoms with Crippen molar-refractivity contribution in [2.24, 2.45) is 0 Å². The molecular formula is C17H10ClF4NO2S. The van der Waals surface area contributed by atoms with Gasteiger partial charge in [0.15, 0.2) is 5.82 Å². The van der Waals surface area contributed by atoms with Crippen molar-refractivity contribution in [2.75, 3.05) is 4.72 Å². The molecule has 0 spiro atoms. The summed E-state index contributed by atoms with van der Waals surface area (Å²) in [6.07, 6.45) is -4.95. The van der Waals surface area contributed by atoms with Crippen LogP contribution in [-0.2, 0) is 16.2 Å². The summed E-state index contributed by atoms with van der Waals surface area (Å²) in [7, 11) is -4.39. The Hall–Kier alpha value is -2.32. The maximum absolute atomic E-state index is 14.1. The number of rotatable bonds is 3. The highest BCUT2D eigenvalue weighted by Gasteiger charge is 2.35. The van der Waals surface area contributed by atoms with Gasteiger partial charge in [-0.1, -0.05) is 41.9 Å². The summed E-state index contributed by atoms with van der Waals surface area (Å²) in [5.74, 6) is -1.70. The minimum Gasteiger partial charge on any atom is -0.277 e. The van der Waals surface area contributed by atoms with E-state index < -0.39 is 33.3 Å². The number of halogens is 5. The molecule has 0 aliphatic heterocycles. The fraction of sp³-hybridized carbons (Fsp3) is 0.0588. The molecule has 0 bridgehead atoms. The quantitative estimate of drug-likeness (QED) is 0.591. The standard InChI is InChI=1S/C17H10ClF4NO2S/c18-12-7-1-4-10-5-2-9-14(15(10)12)26(24,25)23-13-8-3-6-11(16(13)19)17(20,21)22/h1-9,23H. The maximum atomic E-state index is 14.1. The summed E-state index contributed by atoms with van der Waals surface area (Å²) >= 11 is 6.07. The molecule has 9 heteroatoms. The lowest BCUT2D eigenvalue weighted by Gasteiger charge is -2.14. The van der Waals surface area contributed by atoms with Gasteiger partial charge in [-0.3, -0.25) is 4.72 Å². The van der Waals surface area contributed by atoms with E-state index in [0.29, 0.717) is 11.5 Å². The van der Waals surface area contributed by atoms with Crippen LogP contribution in [0.25, 0.3) is 10.8 Å². The van der Waals surface area contributed by atoms with Crippen LogP contribution in [0, 0.1) is 5.82 Å². The average molecular weight is 404 g/mol. The lowest BCUT2D eigenvalue weighted by atomic mass is 10.1. The van der Waals surface area contributed by atoms with E-state index in [2.05, 4.69) is 0 Å². The van der Waals surface area contributed by atoms with Gasteiger partial charge in [0.2, 0.25) is 0 Å². The molecule has 1 N–H and O–H groups in total. The van der Waals surface area contributed by atoms with E-state index in [1.54, 1.807) is 18.2 Å². The average Bonchev–Trinajstić information content (AvgIpc) is 2.55. The van der Waals surface area contributed by atoms with Gasteiger partial charge in [-0.15, -0.1) is 0 Å². The maximum Gasteiger partial charge on any atom is 0.419 e. The largest absolute Gasteiger partial charge is 0.419 e. The molecule has 0 amide bonds. The van der Waals surface area contributed by atoms with Crippen LogP contribution in [0.15, 0.2) is 59.5 Å². The van der Waals surface area contributed by atoms with Crippen LogP contribution in [0.2, 0.25) is 5.02 Å². The second-order valence-electron chi connectivity index (χ2n) is 5.36. The first kappa shape index (κ1) is 18.5. The lowest BCUT2D eigenvalue weighted by Crippen LogP contribution is -2.16. The minimum absolute atomic E-state index is 0.146. The van der Waals surface area contributed by atoms with Crippen molar-refractivity contribution in [1.82, 2.24) is 0 Å². The summed E-state index contributed by atoms with van der Waals surface area (Å²) < 4.78 is 79.8. The number of nitrogens with one attached hydrogen (secondary N) is 1. The van der Waals surface area contributed by atoms with Crippen molar-refractivity contribution >= 4 is 38.1 Å². The molecule has 3 aromatic rings. The summed E-state index contributed by atoms with van der Waals surface area (Å²) in [6, 6.07) is 11.4. The van der Waals surface area contributed by atoms with Crippen molar-refractivity contribution in [1.29, 1.82) is 0 Å². The molecule has 136 valence electrons. The van der Waals surface area contributed by atoms with Gasteiger partial charge in [0.1, 0.15) is 0 Å². The Labute approximate surface area is 151 Å². The number of sulfonamides is 1. The second kappa shape index (κ2) is 6.44. The fourth-order valence-corrected chi connectivity index (χ4v) is 4.17. The smallest absolute Gasteiger partial charge is 0.277 e. The van der Waals surface area contributed by atoms with Gasteiger partial charge in [-0.25, -0.2) is 12.8 Å². The van der Waals surface area contributed by atoms with Crippen LogP contribution in [0.3, 0.4) is 0 Å². The van der Waals surface area contributed by atoms with Crippen molar-refractivity contribution in [3.63, 3.8) is 0 Å². The second-order valence-corrected chi connectivity index (χ2v) is 7.42. The molecule has 0 unspecified atom stereocenters. The van der Waals surface area contributed by atoms with Crippen molar-refractivity contribution in [2.45, 2.75) is 11.1 Å². The van der Waals surface area contributed by atoms with E-state index in [1.165, 1.54) is 18.2 Å². The van der Waals surface area contributed by atoms with Gasteiger partial charge in [0, 0.05) is 10.4 Å². The summed E-state index contributed by atoms with van der Waals surface area (Å²) in [5.41, 5.74) is -2.36. The van der Waals surface area contributed by atoms with Gasteiger partial charge >= 0.3 is 6.18 Å². The molecule has 0 atom stereocenters. The van der Waals surface area contributed by atoms with E-state index in [4.69, 9.17) is 11.6 Å². The number of hydrogen-bond donors (Lipinski definition) is 1. The third-order valence-electron chi connectivity index (χ3n) is 3.65. The molecule has 0 heterocycles. The summed E-state index contributed by atoms with van der Waals surface area (Å²) in [4.78, 5) is -0.266. The first-order valence-electron chi connectivity index (χ1n) is 7.17. The highest BCUT2D eigenvalue weighted by Crippen LogP contribution is 2.35. The van der Waals surface area contributed by atoms with Crippen molar-refractivity contribution in [3.8, 4) is 0 Å². The first-order valence-corrected chi connectivity index (χ1v) is 9.03. The van der Waals surface area contributed by atoms with Gasteiger partial charge in [-0.05, 0) is 29.7 Å². The third kappa shape index (κ3) is 3.34. The topological polar surface area (TPSA) is 46.2 Å². The van der Waals surface area contributed by atoms with E-state index in [0.717, 1.165) is 12.1 Å². The monoisotopic (exact) mass is 403 g/mol. The van der Waals surface area contributed by atoms with Crippen LogP contribution in [0.5, 0.6) is 0 Å². The van der Waals surface area contributed by atoms with Gasteiger partial charge in [0.25, 0.3) is 10.0 Å². The lowest BCUT2D eigenvalue weighted by molar-refractivity contribution is -0.139. The van der Waals surface area contributed by atoms with E-state index in [1.807, 2.05) is 4.72 Å². The minimum atomic E-state index is -4.95. The molecule has 3 nitrogen and oxygen atoms in total. The Morgan fingerprint density at radius 3 is 2.19 bits per heavy atom. The molecule has 26 heavy (non-hydrogen) atoms. The predicted octanol–water partition coefficient (Wildman–Crippen LogP) is 5.45.